The molecule has 0 unspecified atom stereocenters. The van der Waals surface area contributed by atoms with Crippen molar-refractivity contribution in [2.24, 2.45) is 0 Å². The lowest BCUT2D eigenvalue weighted by Gasteiger charge is -2.27. The molecule has 1 saturated heterocycles. The molecule has 27 heavy (non-hydrogen) atoms. The molecule has 1 aromatic rings. The van der Waals surface area contributed by atoms with Gasteiger partial charge in [0.1, 0.15) is 5.82 Å². The van der Waals surface area contributed by atoms with Gasteiger partial charge in [0.25, 0.3) is 0 Å². The van der Waals surface area contributed by atoms with Gasteiger partial charge in [0.15, 0.2) is 0 Å². The predicted molar refractivity (Wildman–Crippen MR) is 116 cm³/mol. The van der Waals surface area contributed by atoms with E-state index in [0.717, 1.165) is 44.8 Å². The first kappa shape index (κ1) is 25.9. The maximum absolute atomic E-state index is 12.1. The number of carbonyl (C=O) groups is 1. The smallest absolute Gasteiger partial charge is 0.322 e. The lowest BCUT2D eigenvalue weighted by atomic mass is 10.1. The Balaban J connectivity index is 0.00000338. The van der Waals surface area contributed by atoms with Crippen LogP contribution in [0, 0.1) is 0 Å². The standard InChI is InChI=1S/C19H33N5O.2ClH/c1-2-3-4-5-6-7-8-9-10-18-21-15-17(16-22-18)23-19(25)24-13-11-20-12-14-24;;/h15-16,20H,2-14H2,1H3,(H,23,25);2*1H. The van der Waals surface area contributed by atoms with Crippen molar-refractivity contribution < 1.29 is 4.79 Å². The summed E-state index contributed by atoms with van der Waals surface area (Å²) in [6.07, 6.45) is 14.8. The number of hydrogen-bond acceptors (Lipinski definition) is 4. The molecule has 0 bridgehead atoms. The van der Waals surface area contributed by atoms with Crippen LogP contribution in [0.2, 0.25) is 0 Å². The summed E-state index contributed by atoms with van der Waals surface area (Å²) < 4.78 is 0. The van der Waals surface area contributed by atoms with Gasteiger partial charge in [-0.2, -0.15) is 0 Å². The number of halogens is 2. The van der Waals surface area contributed by atoms with Gasteiger partial charge in [-0.15, -0.1) is 24.8 Å². The zero-order chi connectivity index (χ0) is 17.7. The third-order valence-electron chi connectivity index (χ3n) is 4.61. The van der Waals surface area contributed by atoms with Crippen LogP contribution in [0.1, 0.15) is 64.1 Å². The predicted octanol–water partition coefficient (Wildman–Crippen LogP) is 4.44. The quantitative estimate of drug-likeness (QED) is 0.549. The van der Waals surface area contributed by atoms with Crippen molar-refractivity contribution in [1.82, 2.24) is 20.2 Å². The number of nitrogens with zero attached hydrogens (tertiary/aromatic N) is 3. The Labute approximate surface area is 176 Å². The molecule has 2 N–H and O–H groups in total. The Morgan fingerprint density at radius 3 is 2.15 bits per heavy atom. The summed E-state index contributed by atoms with van der Waals surface area (Å²) in [4.78, 5) is 22.7. The van der Waals surface area contributed by atoms with E-state index in [2.05, 4.69) is 27.5 Å². The molecule has 1 aliphatic heterocycles. The summed E-state index contributed by atoms with van der Waals surface area (Å²) in [5.74, 6) is 0.867. The van der Waals surface area contributed by atoms with Gasteiger partial charge in [-0.3, -0.25) is 0 Å². The van der Waals surface area contributed by atoms with Crippen molar-refractivity contribution in [3.63, 3.8) is 0 Å². The molecular weight excluding hydrogens is 385 g/mol. The average Bonchev–Trinajstić information content (AvgIpc) is 2.66. The highest BCUT2D eigenvalue weighted by Gasteiger charge is 2.16. The van der Waals surface area contributed by atoms with Gasteiger partial charge in [-0.25, -0.2) is 14.8 Å². The van der Waals surface area contributed by atoms with E-state index >= 15 is 0 Å². The van der Waals surface area contributed by atoms with Crippen molar-refractivity contribution in [3.8, 4) is 0 Å². The monoisotopic (exact) mass is 419 g/mol. The summed E-state index contributed by atoms with van der Waals surface area (Å²) in [5, 5.41) is 6.11. The van der Waals surface area contributed by atoms with Crippen LogP contribution in [0.15, 0.2) is 12.4 Å². The number of unbranched alkanes of at least 4 members (excludes halogenated alkanes) is 7. The topological polar surface area (TPSA) is 70.2 Å². The van der Waals surface area contributed by atoms with E-state index in [4.69, 9.17) is 0 Å². The van der Waals surface area contributed by atoms with Crippen LogP contribution in [0.4, 0.5) is 10.5 Å². The second kappa shape index (κ2) is 15.9. The maximum Gasteiger partial charge on any atom is 0.322 e. The van der Waals surface area contributed by atoms with Crippen molar-refractivity contribution >= 4 is 36.5 Å². The van der Waals surface area contributed by atoms with Gasteiger partial charge in [0.05, 0.1) is 18.1 Å². The molecule has 2 heterocycles. The maximum atomic E-state index is 12.1. The Bertz CT molecular complexity index is 495. The fourth-order valence-electron chi connectivity index (χ4n) is 3.04. The van der Waals surface area contributed by atoms with Gasteiger partial charge in [-0.1, -0.05) is 51.9 Å². The number of aromatic nitrogens is 2. The highest BCUT2D eigenvalue weighted by molar-refractivity contribution is 5.89. The Morgan fingerprint density at radius 2 is 1.56 bits per heavy atom. The van der Waals surface area contributed by atoms with Gasteiger partial charge in [-0.05, 0) is 6.42 Å². The molecule has 1 aliphatic rings. The number of piperazine rings is 1. The number of aryl methyl sites for hydroxylation is 1. The molecule has 0 aliphatic carbocycles. The minimum absolute atomic E-state index is 0. The SMILES string of the molecule is CCCCCCCCCCc1ncc(NC(=O)N2CCNCC2)cn1.Cl.Cl. The molecule has 0 spiro atoms. The number of nitrogens with one attached hydrogen (secondary N) is 2. The van der Waals surface area contributed by atoms with Crippen molar-refractivity contribution in [3.05, 3.63) is 18.2 Å². The zero-order valence-electron chi connectivity index (χ0n) is 16.4. The van der Waals surface area contributed by atoms with E-state index in [1.54, 1.807) is 12.4 Å². The lowest BCUT2D eigenvalue weighted by Crippen LogP contribution is -2.48. The molecular formula is C19H35Cl2N5O. The highest BCUT2D eigenvalue weighted by Crippen LogP contribution is 2.11. The number of anilines is 1. The van der Waals surface area contributed by atoms with E-state index in [-0.39, 0.29) is 30.8 Å². The average molecular weight is 420 g/mol. The molecule has 156 valence electrons. The van der Waals surface area contributed by atoms with Crippen molar-refractivity contribution in [2.75, 3.05) is 31.5 Å². The van der Waals surface area contributed by atoms with Crippen LogP contribution in [0.5, 0.6) is 0 Å². The first-order valence-corrected chi connectivity index (χ1v) is 9.87. The van der Waals surface area contributed by atoms with E-state index < -0.39 is 0 Å². The van der Waals surface area contributed by atoms with Gasteiger partial charge in [0, 0.05) is 32.6 Å². The molecule has 1 fully saturated rings. The minimum atomic E-state index is -0.0686. The van der Waals surface area contributed by atoms with Crippen LogP contribution in [-0.2, 0) is 6.42 Å². The third kappa shape index (κ3) is 10.7. The summed E-state index contributed by atoms with van der Waals surface area (Å²) in [6.45, 7) is 5.43. The first-order valence-electron chi connectivity index (χ1n) is 9.87. The van der Waals surface area contributed by atoms with Crippen molar-refractivity contribution in [2.45, 2.75) is 64.7 Å². The summed E-state index contributed by atoms with van der Waals surface area (Å²) >= 11 is 0. The van der Waals surface area contributed by atoms with Crippen LogP contribution in [0.3, 0.4) is 0 Å². The van der Waals surface area contributed by atoms with Crippen LogP contribution in [-0.4, -0.2) is 47.1 Å². The lowest BCUT2D eigenvalue weighted by molar-refractivity contribution is 0.204. The zero-order valence-corrected chi connectivity index (χ0v) is 18.0. The minimum Gasteiger partial charge on any atom is -0.322 e. The summed E-state index contributed by atoms with van der Waals surface area (Å²) in [5.41, 5.74) is 0.670. The Hall–Kier alpha value is -1.11. The number of hydrogen-bond donors (Lipinski definition) is 2. The molecule has 0 saturated carbocycles. The van der Waals surface area contributed by atoms with Gasteiger partial charge < -0.3 is 15.5 Å². The number of amides is 2. The Morgan fingerprint density at radius 1 is 1.00 bits per heavy atom. The van der Waals surface area contributed by atoms with Gasteiger partial charge in [0.2, 0.25) is 0 Å². The second-order valence-electron chi connectivity index (χ2n) is 6.78. The summed E-state index contributed by atoms with van der Waals surface area (Å²) in [6, 6.07) is -0.0686. The van der Waals surface area contributed by atoms with Crippen LogP contribution < -0.4 is 10.6 Å². The van der Waals surface area contributed by atoms with E-state index in [1.165, 1.54) is 44.9 Å². The number of urea groups is 1. The fraction of sp³-hybridized carbons (Fsp3) is 0.737. The van der Waals surface area contributed by atoms with E-state index in [1.807, 2.05) is 4.90 Å². The molecule has 0 atom stereocenters. The third-order valence-corrected chi connectivity index (χ3v) is 4.61. The molecule has 8 heteroatoms. The molecule has 6 nitrogen and oxygen atoms in total. The van der Waals surface area contributed by atoms with Crippen molar-refractivity contribution in [1.29, 1.82) is 0 Å². The normalized spacial score (nSPS) is 13.4. The first-order chi connectivity index (χ1) is 12.3. The molecule has 2 amide bonds. The molecule has 1 aromatic heterocycles. The van der Waals surface area contributed by atoms with Gasteiger partial charge >= 0.3 is 6.03 Å². The van der Waals surface area contributed by atoms with Crippen LogP contribution >= 0.6 is 24.8 Å². The van der Waals surface area contributed by atoms with E-state index in [9.17, 15) is 4.79 Å². The second-order valence-corrected chi connectivity index (χ2v) is 6.78. The highest BCUT2D eigenvalue weighted by atomic mass is 35.5. The number of rotatable bonds is 10. The largest absolute Gasteiger partial charge is 0.322 e. The fourth-order valence-corrected chi connectivity index (χ4v) is 3.04. The molecule has 0 aromatic carbocycles. The Kier molecular flexibility index (Phi) is 15.2. The molecule has 0 radical (unpaired) electrons. The summed E-state index contributed by atoms with van der Waals surface area (Å²) in [7, 11) is 0. The van der Waals surface area contributed by atoms with E-state index in [0.29, 0.717) is 5.69 Å². The molecule has 2 rings (SSSR count). The number of carbonyl (C=O) groups excluding carboxylic acids is 1. The van der Waals surface area contributed by atoms with Crippen LogP contribution in [0.25, 0.3) is 0 Å².